The molecule has 0 spiro atoms. The Labute approximate surface area is 168 Å². The quantitative estimate of drug-likeness (QED) is 0.617. The Morgan fingerprint density at radius 3 is 2.36 bits per heavy atom. The predicted octanol–water partition coefficient (Wildman–Crippen LogP) is -0.619. The molecule has 0 aromatic heterocycles. The molecule has 3 aliphatic rings. The monoisotopic (exact) mass is 418 g/mol. The van der Waals surface area contributed by atoms with E-state index in [-0.39, 0.29) is 11.9 Å². The van der Waals surface area contributed by atoms with E-state index in [0.29, 0.717) is 65.2 Å². The number of carbonyl (C=O) groups excluding carboxylic acids is 1. The summed E-state index contributed by atoms with van der Waals surface area (Å²) in [5, 5.41) is 14.1. The van der Waals surface area contributed by atoms with Gasteiger partial charge in [-0.15, -0.1) is 0 Å². The number of piperidine rings is 1. The first-order chi connectivity index (χ1) is 13.3. The van der Waals surface area contributed by atoms with Crippen LogP contribution in [0.25, 0.3) is 0 Å². The molecule has 2 N–H and O–H groups in total. The Kier molecular flexibility index (Phi) is 7.32. The van der Waals surface area contributed by atoms with Crippen LogP contribution in [-0.2, 0) is 19.7 Å². The van der Waals surface area contributed by atoms with E-state index in [0.717, 1.165) is 25.9 Å². The number of aliphatic hydroxyl groups is 1. The van der Waals surface area contributed by atoms with E-state index in [1.54, 1.807) is 0 Å². The van der Waals surface area contributed by atoms with Crippen LogP contribution in [0.5, 0.6) is 0 Å². The Hall–Kier alpha value is -0.780. The number of rotatable bonds is 5. The minimum atomic E-state index is -3.49. The van der Waals surface area contributed by atoms with Gasteiger partial charge in [-0.2, -0.15) is 17.0 Å². The van der Waals surface area contributed by atoms with Gasteiger partial charge in [0.15, 0.2) is 0 Å². The summed E-state index contributed by atoms with van der Waals surface area (Å²) >= 11 is 0. The number of nitrogens with one attached hydrogen (secondary N) is 1. The molecule has 9 nitrogen and oxygen atoms in total. The number of likely N-dealkylation sites (tertiary alicyclic amines) is 1. The summed E-state index contributed by atoms with van der Waals surface area (Å²) in [5.74, 6) is 0.00224. The summed E-state index contributed by atoms with van der Waals surface area (Å²) in [7, 11) is -3.49. The van der Waals surface area contributed by atoms with Crippen molar-refractivity contribution in [3.63, 3.8) is 0 Å². The van der Waals surface area contributed by atoms with Crippen molar-refractivity contribution in [3.8, 4) is 0 Å². The summed E-state index contributed by atoms with van der Waals surface area (Å²) in [5.41, 5.74) is -0.865. The second-order valence-corrected chi connectivity index (χ2v) is 10.2. The molecular formula is C18H34N4O5S. The second kappa shape index (κ2) is 9.36. The molecule has 28 heavy (non-hydrogen) atoms. The molecule has 10 heteroatoms. The van der Waals surface area contributed by atoms with Crippen LogP contribution in [0, 0.1) is 0 Å². The number of morpholine rings is 1. The van der Waals surface area contributed by atoms with Crippen molar-refractivity contribution in [1.82, 2.24) is 18.8 Å². The van der Waals surface area contributed by atoms with Crippen LogP contribution in [0.1, 0.15) is 39.0 Å². The molecule has 0 aliphatic carbocycles. The fourth-order valence-electron chi connectivity index (χ4n) is 4.42. The van der Waals surface area contributed by atoms with E-state index in [4.69, 9.17) is 4.74 Å². The van der Waals surface area contributed by atoms with Gasteiger partial charge in [0.2, 0.25) is 5.91 Å². The molecule has 0 aromatic rings. The van der Waals surface area contributed by atoms with E-state index in [9.17, 15) is 18.3 Å². The molecule has 0 bridgehead atoms. The van der Waals surface area contributed by atoms with E-state index >= 15 is 0 Å². The Morgan fingerprint density at radius 2 is 1.71 bits per heavy atom. The van der Waals surface area contributed by atoms with Crippen molar-refractivity contribution in [2.24, 2.45) is 0 Å². The highest BCUT2D eigenvalue weighted by Crippen LogP contribution is 2.27. The molecule has 3 heterocycles. The highest BCUT2D eigenvalue weighted by molar-refractivity contribution is 7.86. The lowest BCUT2D eigenvalue weighted by molar-refractivity contribution is -0.120. The fourth-order valence-corrected chi connectivity index (χ4v) is 6.04. The van der Waals surface area contributed by atoms with E-state index in [1.807, 2.05) is 0 Å². The molecule has 3 aliphatic heterocycles. The normalized spacial score (nSPS) is 30.1. The smallest absolute Gasteiger partial charge is 0.282 e. The Balaban J connectivity index is 1.52. The van der Waals surface area contributed by atoms with Crippen LogP contribution in [-0.4, -0.2) is 104 Å². The van der Waals surface area contributed by atoms with Crippen molar-refractivity contribution in [2.75, 3.05) is 59.0 Å². The maximum Gasteiger partial charge on any atom is 0.282 e. The summed E-state index contributed by atoms with van der Waals surface area (Å²) in [6, 6.07) is 0.215. The first-order valence-electron chi connectivity index (χ1n) is 10.3. The summed E-state index contributed by atoms with van der Waals surface area (Å²) < 4.78 is 34.1. The molecule has 0 unspecified atom stereocenters. The molecule has 0 aromatic carbocycles. The zero-order valence-electron chi connectivity index (χ0n) is 16.8. The number of amides is 1. The lowest BCUT2D eigenvalue weighted by Gasteiger charge is -2.38. The van der Waals surface area contributed by atoms with Gasteiger partial charge < -0.3 is 20.1 Å². The molecule has 3 rings (SSSR count). The van der Waals surface area contributed by atoms with E-state index in [1.165, 1.54) is 15.5 Å². The van der Waals surface area contributed by atoms with Gasteiger partial charge in [0.25, 0.3) is 10.2 Å². The number of nitrogens with zero attached hydrogens (tertiary/aromatic N) is 3. The Bertz CT molecular complexity index is 632. The number of hydrogen-bond donors (Lipinski definition) is 2. The minimum Gasteiger partial charge on any atom is -0.389 e. The average Bonchev–Trinajstić information content (AvgIpc) is 2.86. The van der Waals surface area contributed by atoms with Gasteiger partial charge in [-0.25, -0.2) is 0 Å². The van der Waals surface area contributed by atoms with E-state index in [2.05, 4.69) is 10.2 Å². The zero-order valence-corrected chi connectivity index (χ0v) is 17.6. The number of hydrogen-bond acceptors (Lipinski definition) is 6. The highest BCUT2D eigenvalue weighted by Gasteiger charge is 2.38. The zero-order chi connectivity index (χ0) is 20.2. The third kappa shape index (κ3) is 5.64. The van der Waals surface area contributed by atoms with Gasteiger partial charge >= 0.3 is 0 Å². The van der Waals surface area contributed by atoms with Crippen LogP contribution in [0.3, 0.4) is 0 Å². The number of ether oxygens (including phenoxy) is 1. The van der Waals surface area contributed by atoms with Crippen LogP contribution in [0.4, 0.5) is 0 Å². The van der Waals surface area contributed by atoms with Gasteiger partial charge in [-0.1, -0.05) is 0 Å². The topological polar surface area (TPSA) is 102 Å². The third-order valence-corrected chi connectivity index (χ3v) is 8.05. The summed E-state index contributed by atoms with van der Waals surface area (Å²) in [6.07, 6.45) is 3.47. The van der Waals surface area contributed by atoms with Gasteiger partial charge in [-0.05, 0) is 32.1 Å². The molecule has 1 atom stereocenters. The third-order valence-electron chi connectivity index (χ3n) is 6.01. The predicted molar refractivity (Wildman–Crippen MR) is 105 cm³/mol. The largest absolute Gasteiger partial charge is 0.389 e. The van der Waals surface area contributed by atoms with Crippen molar-refractivity contribution in [3.05, 3.63) is 0 Å². The van der Waals surface area contributed by atoms with E-state index < -0.39 is 15.8 Å². The second-order valence-electron chi connectivity index (χ2n) is 8.25. The minimum absolute atomic E-state index is 0.00224. The van der Waals surface area contributed by atoms with Crippen LogP contribution in [0.2, 0.25) is 0 Å². The number of carbonyl (C=O) groups is 1. The van der Waals surface area contributed by atoms with Crippen LogP contribution >= 0.6 is 0 Å². The van der Waals surface area contributed by atoms with Crippen molar-refractivity contribution >= 4 is 16.1 Å². The van der Waals surface area contributed by atoms with Crippen LogP contribution < -0.4 is 5.32 Å². The first kappa shape index (κ1) is 21.9. The first-order valence-corrected chi connectivity index (χ1v) is 11.7. The van der Waals surface area contributed by atoms with Gasteiger partial charge in [0.1, 0.15) is 0 Å². The van der Waals surface area contributed by atoms with Crippen molar-refractivity contribution < 1.29 is 23.1 Å². The molecular weight excluding hydrogens is 384 g/mol. The highest BCUT2D eigenvalue weighted by atomic mass is 32.2. The summed E-state index contributed by atoms with van der Waals surface area (Å²) in [6.45, 7) is 6.23. The summed E-state index contributed by atoms with van der Waals surface area (Å²) in [4.78, 5) is 13.4. The maximum absolute atomic E-state index is 12.9. The molecule has 1 amide bonds. The lowest BCUT2D eigenvalue weighted by Crippen LogP contribution is -2.51. The van der Waals surface area contributed by atoms with Crippen molar-refractivity contribution in [2.45, 2.75) is 50.7 Å². The van der Waals surface area contributed by atoms with Gasteiger partial charge in [0, 0.05) is 58.8 Å². The van der Waals surface area contributed by atoms with Gasteiger partial charge in [-0.3, -0.25) is 4.79 Å². The SMILES string of the molecule is CC(=O)NC1CCN(C[C@]2(O)CCCN(S(=O)(=O)N3CCOCC3)CC2)CC1. The maximum atomic E-state index is 12.9. The number of β-amino-alcohol motifs (C(OH)–C–C–N with tert-alkyl or cyclic N) is 1. The van der Waals surface area contributed by atoms with Crippen LogP contribution in [0.15, 0.2) is 0 Å². The lowest BCUT2D eigenvalue weighted by atomic mass is 9.93. The molecule has 162 valence electrons. The molecule has 3 fully saturated rings. The molecule has 3 saturated heterocycles. The van der Waals surface area contributed by atoms with Crippen molar-refractivity contribution in [1.29, 1.82) is 0 Å². The average molecular weight is 419 g/mol. The Morgan fingerprint density at radius 1 is 1.07 bits per heavy atom. The molecule has 0 saturated carbocycles. The fraction of sp³-hybridized carbons (Fsp3) is 0.944. The molecule has 0 radical (unpaired) electrons. The standard InChI is InChI=1S/C18H34N4O5S/c1-16(23)19-17-3-8-20(9-4-17)15-18(24)5-2-7-21(10-6-18)28(25,26)22-11-13-27-14-12-22/h17,24H,2-15H2,1H3,(H,19,23)/t18-/m0/s1. The van der Waals surface area contributed by atoms with Gasteiger partial charge in [0.05, 0.1) is 18.8 Å².